The van der Waals surface area contributed by atoms with Crippen LogP contribution in [0, 0.1) is 0 Å². The number of benzene rings is 2. The predicted octanol–water partition coefficient (Wildman–Crippen LogP) is 4.73. The first-order valence-corrected chi connectivity index (χ1v) is 7.41. The minimum absolute atomic E-state index is 0.766. The number of halogens is 1. The number of nitrogens with zero attached hydrogens (tertiary/aromatic N) is 1. The van der Waals surface area contributed by atoms with E-state index in [-0.39, 0.29) is 0 Å². The molecular weight excluding hydrogens is 320 g/mol. The van der Waals surface area contributed by atoms with Crippen molar-refractivity contribution in [2.45, 2.75) is 9.92 Å². The van der Waals surface area contributed by atoms with E-state index in [2.05, 4.69) is 39.1 Å². The summed E-state index contributed by atoms with van der Waals surface area (Å²) >= 11 is 5.09. The number of nitrogens with two attached hydrogens (primary N) is 1. The molecule has 0 saturated heterocycles. The Hall–Kier alpha value is -1.52. The van der Waals surface area contributed by atoms with Gasteiger partial charge in [-0.1, -0.05) is 33.8 Å². The van der Waals surface area contributed by atoms with Crippen molar-refractivity contribution in [2.75, 3.05) is 5.73 Å². The molecule has 19 heavy (non-hydrogen) atoms. The number of hydrogen-bond donors (Lipinski definition) is 1. The fraction of sp³-hybridized carbons (Fsp3) is 0. The van der Waals surface area contributed by atoms with Gasteiger partial charge in [0.15, 0.2) is 0 Å². The monoisotopic (exact) mass is 330 g/mol. The Morgan fingerprint density at radius 2 is 1.74 bits per heavy atom. The first-order valence-electron chi connectivity index (χ1n) is 5.80. The summed E-state index contributed by atoms with van der Waals surface area (Å²) < 4.78 is 1.08. The fourth-order valence-electron chi connectivity index (χ4n) is 1.81. The van der Waals surface area contributed by atoms with Gasteiger partial charge in [-0.3, -0.25) is 0 Å². The van der Waals surface area contributed by atoms with Gasteiger partial charge < -0.3 is 5.73 Å². The third kappa shape index (κ3) is 2.91. The lowest BCUT2D eigenvalue weighted by molar-refractivity contribution is 1.19. The lowest BCUT2D eigenvalue weighted by atomic mass is 10.2. The van der Waals surface area contributed by atoms with E-state index in [1.165, 1.54) is 4.90 Å². The van der Waals surface area contributed by atoms with E-state index >= 15 is 0 Å². The smallest absolute Gasteiger partial charge is 0.101 e. The van der Waals surface area contributed by atoms with Crippen LogP contribution in [-0.2, 0) is 0 Å². The standard InChI is InChI=1S/C15H11BrN2S/c16-11-2-5-13(6-3-11)19-15-8-1-10-9-12(17)4-7-14(10)18-15/h1-9H,17H2. The van der Waals surface area contributed by atoms with Crippen LogP contribution in [0.4, 0.5) is 5.69 Å². The van der Waals surface area contributed by atoms with Crippen LogP contribution in [0.2, 0.25) is 0 Å². The van der Waals surface area contributed by atoms with Gasteiger partial charge in [-0.25, -0.2) is 4.98 Å². The van der Waals surface area contributed by atoms with Crippen molar-refractivity contribution in [1.82, 2.24) is 4.98 Å². The van der Waals surface area contributed by atoms with Gasteiger partial charge in [-0.05, 0) is 48.5 Å². The number of anilines is 1. The van der Waals surface area contributed by atoms with E-state index in [1.807, 2.05) is 36.4 Å². The van der Waals surface area contributed by atoms with Crippen molar-refractivity contribution in [1.29, 1.82) is 0 Å². The fourth-order valence-corrected chi connectivity index (χ4v) is 2.86. The van der Waals surface area contributed by atoms with Crippen LogP contribution < -0.4 is 5.73 Å². The number of rotatable bonds is 2. The summed E-state index contributed by atoms with van der Waals surface area (Å²) in [5.41, 5.74) is 7.50. The number of pyridine rings is 1. The largest absolute Gasteiger partial charge is 0.399 e. The van der Waals surface area contributed by atoms with E-state index in [0.717, 1.165) is 26.1 Å². The zero-order valence-corrected chi connectivity index (χ0v) is 12.4. The van der Waals surface area contributed by atoms with Crippen LogP contribution in [0.5, 0.6) is 0 Å². The Bertz CT molecular complexity index is 726. The molecule has 0 atom stereocenters. The Morgan fingerprint density at radius 3 is 2.53 bits per heavy atom. The molecule has 2 aromatic carbocycles. The maximum atomic E-state index is 5.76. The Morgan fingerprint density at radius 1 is 0.947 bits per heavy atom. The minimum atomic E-state index is 0.766. The molecule has 0 saturated carbocycles. The molecule has 0 unspecified atom stereocenters. The van der Waals surface area contributed by atoms with Crippen LogP contribution in [-0.4, -0.2) is 4.98 Å². The normalized spacial score (nSPS) is 10.8. The molecule has 0 bridgehead atoms. The van der Waals surface area contributed by atoms with Crippen LogP contribution in [0.1, 0.15) is 0 Å². The third-order valence-corrected chi connectivity index (χ3v) is 4.20. The summed E-state index contributed by atoms with van der Waals surface area (Å²) in [6.45, 7) is 0. The van der Waals surface area contributed by atoms with Crippen molar-refractivity contribution in [3.8, 4) is 0 Å². The maximum Gasteiger partial charge on any atom is 0.101 e. The second-order valence-electron chi connectivity index (χ2n) is 4.16. The van der Waals surface area contributed by atoms with Crippen molar-refractivity contribution < 1.29 is 0 Å². The average Bonchev–Trinajstić information content (AvgIpc) is 2.42. The van der Waals surface area contributed by atoms with E-state index < -0.39 is 0 Å². The molecule has 3 aromatic rings. The quantitative estimate of drug-likeness (QED) is 0.690. The molecular formula is C15H11BrN2S. The Labute approximate surface area is 124 Å². The highest BCUT2D eigenvalue weighted by Crippen LogP contribution is 2.29. The van der Waals surface area contributed by atoms with Gasteiger partial charge in [0, 0.05) is 20.4 Å². The molecule has 94 valence electrons. The SMILES string of the molecule is Nc1ccc2nc(Sc3ccc(Br)cc3)ccc2c1. The summed E-state index contributed by atoms with van der Waals surface area (Å²) in [5.74, 6) is 0. The van der Waals surface area contributed by atoms with E-state index in [0.29, 0.717) is 0 Å². The minimum Gasteiger partial charge on any atom is -0.399 e. The zero-order valence-electron chi connectivity index (χ0n) is 10.0. The molecule has 0 aliphatic carbocycles. The Balaban J connectivity index is 1.93. The second kappa shape index (κ2) is 5.23. The summed E-state index contributed by atoms with van der Waals surface area (Å²) in [7, 11) is 0. The van der Waals surface area contributed by atoms with Crippen LogP contribution >= 0.6 is 27.7 Å². The van der Waals surface area contributed by atoms with Gasteiger partial charge in [-0.15, -0.1) is 0 Å². The second-order valence-corrected chi connectivity index (χ2v) is 6.17. The number of fused-ring (bicyclic) bond motifs is 1. The first kappa shape index (κ1) is 12.5. The van der Waals surface area contributed by atoms with Gasteiger partial charge >= 0.3 is 0 Å². The molecule has 0 amide bonds. The molecule has 0 radical (unpaired) electrons. The van der Waals surface area contributed by atoms with E-state index in [1.54, 1.807) is 11.8 Å². The van der Waals surface area contributed by atoms with Crippen molar-refractivity contribution in [3.63, 3.8) is 0 Å². The van der Waals surface area contributed by atoms with Gasteiger partial charge in [0.2, 0.25) is 0 Å². The molecule has 0 fully saturated rings. The molecule has 0 aliphatic rings. The van der Waals surface area contributed by atoms with Crippen LogP contribution in [0.3, 0.4) is 0 Å². The van der Waals surface area contributed by atoms with Gasteiger partial charge in [0.05, 0.1) is 5.52 Å². The molecule has 0 aliphatic heterocycles. The molecule has 2 N–H and O–H groups in total. The highest BCUT2D eigenvalue weighted by molar-refractivity contribution is 9.10. The summed E-state index contributed by atoms with van der Waals surface area (Å²) in [6.07, 6.45) is 0. The van der Waals surface area contributed by atoms with Gasteiger partial charge in [0.1, 0.15) is 5.03 Å². The summed E-state index contributed by atoms with van der Waals surface area (Å²) in [6, 6.07) is 18.1. The average molecular weight is 331 g/mol. The molecule has 4 heteroatoms. The van der Waals surface area contributed by atoms with Crippen LogP contribution in [0.15, 0.2) is 69.0 Å². The highest BCUT2D eigenvalue weighted by Gasteiger charge is 2.01. The molecule has 1 heterocycles. The first-order chi connectivity index (χ1) is 9.20. The molecule has 2 nitrogen and oxygen atoms in total. The maximum absolute atomic E-state index is 5.76. The summed E-state index contributed by atoms with van der Waals surface area (Å²) in [4.78, 5) is 5.80. The predicted molar refractivity (Wildman–Crippen MR) is 84.4 cm³/mol. The van der Waals surface area contributed by atoms with Gasteiger partial charge in [-0.2, -0.15) is 0 Å². The molecule has 0 spiro atoms. The number of nitrogen functional groups attached to an aromatic ring is 1. The van der Waals surface area contributed by atoms with Crippen molar-refractivity contribution >= 4 is 44.3 Å². The zero-order chi connectivity index (χ0) is 13.2. The number of aromatic nitrogens is 1. The lowest BCUT2D eigenvalue weighted by Gasteiger charge is -2.04. The van der Waals surface area contributed by atoms with Crippen LogP contribution in [0.25, 0.3) is 10.9 Å². The Kier molecular flexibility index (Phi) is 3.44. The van der Waals surface area contributed by atoms with Gasteiger partial charge in [0.25, 0.3) is 0 Å². The molecule has 1 aromatic heterocycles. The van der Waals surface area contributed by atoms with E-state index in [4.69, 9.17) is 5.73 Å². The van der Waals surface area contributed by atoms with E-state index in [9.17, 15) is 0 Å². The topological polar surface area (TPSA) is 38.9 Å². The highest BCUT2D eigenvalue weighted by atomic mass is 79.9. The number of hydrogen-bond acceptors (Lipinski definition) is 3. The van der Waals surface area contributed by atoms with Crippen molar-refractivity contribution in [2.24, 2.45) is 0 Å². The van der Waals surface area contributed by atoms with Crippen molar-refractivity contribution in [3.05, 3.63) is 59.1 Å². The summed E-state index contributed by atoms with van der Waals surface area (Å²) in [5, 5.41) is 2.06. The molecule has 3 rings (SSSR count). The lowest BCUT2D eigenvalue weighted by Crippen LogP contribution is -1.86. The third-order valence-electron chi connectivity index (χ3n) is 2.72.